The summed E-state index contributed by atoms with van der Waals surface area (Å²) in [6.45, 7) is 0.402. The Kier molecular flexibility index (Phi) is 4.15. The summed E-state index contributed by atoms with van der Waals surface area (Å²) < 4.78 is 0.664. The van der Waals surface area contributed by atoms with Gasteiger partial charge in [0.25, 0.3) is 0 Å². The molecule has 0 atom stereocenters. The molecule has 0 aliphatic heterocycles. The average Bonchev–Trinajstić information content (AvgIpc) is 2.81. The van der Waals surface area contributed by atoms with Crippen molar-refractivity contribution in [2.75, 3.05) is 10.7 Å². The summed E-state index contributed by atoms with van der Waals surface area (Å²) in [5.41, 5.74) is 2.23. The van der Waals surface area contributed by atoms with Gasteiger partial charge in [0.05, 0.1) is 15.8 Å². The monoisotopic (exact) mass is 299 g/mol. The lowest BCUT2D eigenvalue weighted by Crippen LogP contribution is -2.11. The van der Waals surface area contributed by atoms with Crippen LogP contribution in [0.2, 0.25) is 4.34 Å². The molecule has 0 radical (unpaired) electrons. The second kappa shape index (κ2) is 5.83. The Morgan fingerprint density at radius 3 is 2.79 bits per heavy atom. The Balaban J connectivity index is 2.19. The van der Waals surface area contributed by atoms with Gasteiger partial charge in [0.1, 0.15) is 5.82 Å². The third-order valence-electron chi connectivity index (χ3n) is 2.28. The molecule has 2 heterocycles. The predicted octanol–water partition coefficient (Wildman–Crippen LogP) is 2.60. The first kappa shape index (κ1) is 13.5. The van der Waals surface area contributed by atoms with E-state index in [0.717, 1.165) is 4.88 Å². The number of nitrogen functional groups attached to an aromatic ring is 1. The van der Waals surface area contributed by atoms with E-state index in [0.29, 0.717) is 16.7 Å². The van der Waals surface area contributed by atoms with Gasteiger partial charge in [0.15, 0.2) is 0 Å². The summed E-state index contributed by atoms with van der Waals surface area (Å²) in [7, 11) is 0. The van der Waals surface area contributed by atoms with Gasteiger partial charge in [-0.15, -0.1) is 11.3 Å². The van der Waals surface area contributed by atoms with Gasteiger partial charge in [-0.05, 0) is 18.2 Å². The number of hydrogen-bond donors (Lipinski definition) is 3. The lowest BCUT2D eigenvalue weighted by molar-refractivity contribution is -0.384. The number of pyridine rings is 1. The van der Waals surface area contributed by atoms with Crippen molar-refractivity contribution in [3.63, 3.8) is 0 Å². The normalized spacial score (nSPS) is 10.2. The van der Waals surface area contributed by atoms with Crippen LogP contribution in [0.5, 0.6) is 0 Å². The van der Waals surface area contributed by atoms with Crippen LogP contribution in [0.4, 0.5) is 17.3 Å². The maximum absolute atomic E-state index is 10.9. The summed E-state index contributed by atoms with van der Waals surface area (Å²) in [5.74, 6) is 5.73. The Labute approximate surface area is 117 Å². The molecule has 4 N–H and O–H groups in total. The van der Waals surface area contributed by atoms with Crippen LogP contribution >= 0.6 is 22.9 Å². The van der Waals surface area contributed by atoms with Gasteiger partial charge in [-0.3, -0.25) is 10.1 Å². The number of thiophene rings is 1. The van der Waals surface area contributed by atoms with E-state index in [1.807, 2.05) is 6.07 Å². The highest BCUT2D eigenvalue weighted by Gasteiger charge is 2.15. The van der Waals surface area contributed by atoms with E-state index < -0.39 is 4.92 Å². The number of halogens is 1. The van der Waals surface area contributed by atoms with Crippen molar-refractivity contribution in [2.24, 2.45) is 5.84 Å². The van der Waals surface area contributed by atoms with Crippen molar-refractivity contribution in [3.8, 4) is 0 Å². The minimum atomic E-state index is -0.503. The highest BCUT2D eigenvalue weighted by Crippen LogP contribution is 2.26. The molecule has 9 heteroatoms. The van der Waals surface area contributed by atoms with Gasteiger partial charge >= 0.3 is 5.69 Å². The van der Waals surface area contributed by atoms with Gasteiger partial charge in [-0.1, -0.05) is 11.6 Å². The zero-order valence-electron chi connectivity index (χ0n) is 9.59. The molecule has 2 rings (SSSR count). The quantitative estimate of drug-likeness (QED) is 0.445. The van der Waals surface area contributed by atoms with Crippen LogP contribution in [-0.4, -0.2) is 9.91 Å². The number of nitrogens with two attached hydrogens (primary N) is 1. The molecule has 0 spiro atoms. The van der Waals surface area contributed by atoms with Gasteiger partial charge in [0, 0.05) is 10.9 Å². The molecular formula is C10H10ClN5O2S. The van der Waals surface area contributed by atoms with Crippen molar-refractivity contribution in [3.05, 3.63) is 43.6 Å². The van der Waals surface area contributed by atoms with Crippen LogP contribution in [-0.2, 0) is 6.54 Å². The SMILES string of the molecule is NNc1ccc([N+](=O)[O-])c(NCc2ccc(Cl)s2)n1. The van der Waals surface area contributed by atoms with Crippen molar-refractivity contribution in [2.45, 2.75) is 6.54 Å². The minimum absolute atomic E-state index is 0.110. The Morgan fingerprint density at radius 2 is 2.21 bits per heavy atom. The first-order chi connectivity index (χ1) is 9.10. The van der Waals surface area contributed by atoms with E-state index >= 15 is 0 Å². The molecule has 2 aromatic rings. The second-order valence-electron chi connectivity index (χ2n) is 3.53. The molecule has 0 aliphatic rings. The molecule has 2 aromatic heterocycles. The lowest BCUT2D eigenvalue weighted by atomic mass is 10.3. The molecular weight excluding hydrogens is 290 g/mol. The standard InChI is InChI=1S/C10H10ClN5O2S/c11-8-3-1-6(19-8)5-13-10-7(16(17)18)2-4-9(14-10)15-12/h1-4H,5,12H2,(H2,13,14,15). The molecule has 0 unspecified atom stereocenters. The fourth-order valence-electron chi connectivity index (χ4n) is 1.43. The van der Waals surface area contributed by atoms with Crippen LogP contribution < -0.4 is 16.6 Å². The topological polar surface area (TPSA) is 106 Å². The van der Waals surface area contributed by atoms with E-state index in [2.05, 4.69) is 15.7 Å². The van der Waals surface area contributed by atoms with Gasteiger partial charge < -0.3 is 10.7 Å². The van der Waals surface area contributed by atoms with E-state index in [9.17, 15) is 10.1 Å². The van der Waals surface area contributed by atoms with Crippen LogP contribution in [0.15, 0.2) is 24.3 Å². The number of nitrogens with zero attached hydrogens (tertiary/aromatic N) is 2. The number of nitrogens with one attached hydrogen (secondary N) is 2. The first-order valence-corrected chi connectivity index (χ1v) is 6.39. The largest absolute Gasteiger partial charge is 0.359 e. The molecule has 0 saturated heterocycles. The molecule has 0 amide bonds. The minimum Gasteiger partial charge on any atom is -0.359 e. The zero-order chi connectivity index (χ0) is 13.8. The zero-order valence-corrected chi connectivity index (χ0v) is 11.2. The van der Waals surface area contributed by atoms with Crippen LogP contribution in [0.3, 0.4) is 0 Å². The number of nitro groups is 1. The lowest BCUT2D eigenvalue weighted by Gasteiger charge is -2.06. The molecule has 7 nitrogen and oxygen atoms in total. The molecule has 100 valence electrons. The Bertz CT molecular complexity index is 603. The van der Waals surface area contributed by atoms with Gasteiger partial charge in [-0.2, -0.15) is 0 Å². The fraction of sp³-hybridized carbons (Fsp3) is 0.100. The van der Waals surface area contributed by atoms with Gasteiger partial charge in [-0.25, -0.2) is 10.8 Å². The number of aromatic nitrogens is 1. The number of hydrogen-bond acceptors (Lipinski definition) is 7. The van der Waals surface area contributed by atoms with Crippen LogP contribution in [0.1, 0.15) is 4.88 Å². The molecule has 0 saturated carbocycles. The maximum Gasteiger partial charge on any atom is 0.311 e. The van der Waals surface area contributed by atoms with Crippen molar-refractivity contribution in [1.82, 2.24) is 4.98 Å². The Morgan fingerprint density at radius 1 is 1.42 bits per heavy atom. The fourth-order valence-corrected chi connectivity index (χ4v) is 2.45. The molecule has 0 aliphatic carbocycles. The summed E-state index contributed by atoms with van der Waals surface area (Å²) in [5, 5.41) is 13.8. The van der Waals surface area contributed by atoms with E-state index in [4.69, 9.17) is 17.4 Å². The number of hydrazine groups is 1. The molecule has 0 aromatic carbocycles. The average molecular weight is 300 g/mol. The first-order valence-electron chi connectivity index (χ1n) is 5.20. The van der Waals surface area contributed by atoms with Crippen molar-refractivity contribution < 1.29 is 4.92 Å². The summed E-state index contributed by atoms with van der Waals surface area (Å²) in [4.78, 5) is 15.4. The van der Waals surface area contributed by atoms with Crippen LogP contribution in [0.25, 0.3) is 0 Å². The highest BCUT2D eigenvalue weighted by atomic mass is 35.5. The van der Waals surface area contributed by atoms with Gasteiger partial charge in [0.2, 0.25) is 5.82 Å². The Hall–Kier alpha value is -1.90. The highest BCUT2D eigenvalue weighted by molar-refractivity contribution is 7.16. The molecule has 0 fully saturated rings. The third kappa shape index (κ3) is 3.31. The van der Waals surface area contributed by atoms with Crippen molar-refractivity contribution >= 4 is 40.3 Å². The second-order valence-corrected chi connectivity index (χ2v) is 5.32. The third-order valence-corrected chi connectivity index (χ3v) is 3.51. The number of anilines is 2. The summed E-state index contributed by atoms with van der Waals surface area (Å²) in [6, 6.07) is 6.39. The molecule has 0 bridgehead atoms. The smallest absolute Gasteiger partial charge is 0.311 e. The molecule has 19 heavy (non-hydrogen) atoms. The maximum atomic E-state index is 10.9. The van der Waals surface area contributed by atoms with E-state index in [1.165, 1.54) is 23.5 Å². The van der Waals surface area contributed by atoms with Crippen LogP contribution in [0, 0.1) is 10.1 Å². The summed E-state index contributed by atoms with van der Waals surface area (Å²) >= 11 is 7.21. The predicted molar refractivity (Wildman–Crippen MR) is 75.4 cm³/mol. The number of rotatable bonds is 5. The van der Waals surface area contributed by atoms with Crippen molar-refractivity contribution in [1.29, 1.82) is 0 Å². The van der Waals surface area contributed by atoms with E-state index in [-0.39, 0.29) is 11.5 Å². The summed E-state index contributed by atoms with van der Waals surface area (Å²) in [6.07, 6.45) is 0. The van der Waals surface area contributed by atoms with E-state index in [1.54, 1.807) is 6.07 Å².